The molecule has 14 heavy (non-hydrogen) atoms. The molecule has 5 heteroatoms. The molecule has 5 N–H and O–H groups in total. The number of nitrogen functional groups attached to an aromatic ring is 1. The van der Waals surface area contributed by atoms with Crippen molar-refractivity contribution in [3.05, 3.63) is 29.6 Å². The Morgan fingerprint density at radius 2 is 1.93 bits per heavy atom. The van der Waals surface area contributed by atoms with Gasteiger partial charge in [-0.05, 0) is 23.8 Å². The molecule has 78 valence electrons. The molecule has 0 saturated heterocycles. The first kappa shape index (κ1) is 10.9. The van der Waals surface area contributed by atoms with Crippen molar-refractivity contribution < 1.29 is 19.7 Å². The molecule has 1 rings (SSSR count). The Balaban J connectivity index is 2.94. The number of rotatable bonds is 3. The van der Waals surface area contributed by atoms with Gasteiger partial charge in [-0.2, -0.15) is 0 Å². The van der Waals surface area contributed by atoms with Crippen LogP contribution in [0.2, 0.25) is 0 Å². The van der Waals surface area contributed by atoms with Crippen molar-refractivity contribution >= 4 is 5.69 Å². The van der Waals surface area contributed by atoms with Crippen LogP contribution < -0.4 is 5.73 Å². The molecular formula is C9H12FNO3. The van der Waals surface area contributed by atoms with Crippen molar-refractivity contribution in [3.8, 4) is 0 Å². The SMILES string of the molecule is Nc1cc(F)cc(C(O)C(O)CO)c1. The number of hydrogen-bond donors (Lipinski definition) is 4. The molecule has 0 aromatic heterocycles. The van der Waals surface area contributed by atoms with Crippen molar-refractivity contribution in [2.45, 2.75) is 12.2 Å². The predicted octanol–water partition coefficient (Wildman–Crippen LogP) is -0.205. The molecule has 2 unspecified atom stereocenters. The highest BCUT2D eigenvalue weighted by Gasteiger charge is 2.18. The first-order valence-electron chi connectivity index (χ1n) is 4.07. The molecule has 4 nitrogen and oxygen atoms in total. The van der Waals surface area contributed by atoms with E-state index in [4.69, 9.17) is 15.9 Å². The van der Waals surface area contributed by atoms with Crippen LogP contribution in [0.25, 0.3) is 0 Å². The Morgan fingerprint density at radius 3 is 2.43 bits per heavy atom. The summed E-state index contributed by atoms with van der Waals surface area (Å²) < 4.78 is 12.8. The molecule has 0 aliphatic carbocycles. The maximum atomic E-state index is 12.8. The molecule has 0 bridgehead atoms. The van der Waals surface area contributed by atoms with Gasteiger partial charge in [0, 0.05) is 5.69 Å². The van der Waals surface area contributed by atoms with Gasteiger partial charge in [0.05, 0.1) is 6.61 Å². The first-order valence-corrected chi connectivity index (χ1v) is 4.07. The van der Waals surface area contributed by atoms with Crippen LogP contribution in [-0.2, 0) is 0 Å². The standard InChI is InChI=1S/C9H12FNO3/c10-6-1-5(2-7(11)3-6)9(14)8(13)4-12/h1-3,8-9,12-14H,4,11H2. The summed E-state index contributed by atoms with van der Waals surface area (Å²) in [4.78, 5) is 0. The van der Waals surface area contributed by atoms with Crippen LogP contribution in [0.5, 0.6) is 0 Å². The van der Waals surface area contributed by atoms with E-state index < -0.39 is 24.6 Å². The van der Waals surface area contributed by atoms with Gasteiger partial charge in [0.25, 0.3) is 0 Å². The highest BCUT2D eigenvalue weighted by molar-refractivity contribution is 5.42. The second-order valence-electron chi connectivity index (χ2n) is 3.01. The van der Waals surface area contributed by atoms with E-state index in [1.165, 1.54) is 6.07 Å². The molecule has 0 spiro atoms. The Morgan fingerprint density at radius 1 is 1.29 bits per heavy atom. The van der Waals surface area contributed by atoms with E-state index in [1.54, 1.807) is 0 Å². The van der Waals surface area contributed by atoms with Crippen LogP contribution in [0, 0.1) is 5.82 Å². The lowest BCUT2D eigenvalue weighted by atomic mass is 10.0. The molecule has 0 saturated carbocycles. The van der Waals surface area contributed by atoms with Gasteiger partial charge < -0.3 is 21.1 Å². The van der Waals surface area contributed by atoms with Gasteiger partial charge in [-0.15, -0.1) is 0 Å². The fraction of sp³-hybridized carbons (Fsp3) is 0.333. The minimum absolute atomic E-state index is 0.143. The minimum Gasteiger partial charge on any atom is -0.399 e. The Hall–Kier alpha value is -1.17. The molecule has 0 heterocycles. The third kappa shape index (κ3) is 2.41. The van der Waals surface area contributed by atoms with E-state index >= 15 is 0 Å². The Labute approximate surface area is 80.4 Å². The number of nitrogens with two attached hydrogens (primary N) is 1. The molecule has 1 aromatic rings. The molecule has 0 aliphatic heterocycles. The Bertz CT molecular complexity index is 299. The summed E-state index contributed by atoms with van der Waals surface area (Å²) in [5.41, 5.74) is 5.64. The number of benzene rings is 1. The summed E-state index contributed by atoms with van der Waals surface area (Å²) in [6.07, 6.45) is -2.67. The topological polar surface area (TPSA) is 86.7 Å². The summed E-state index contributed by atoms with van der Waals surface area (Å²) >= 11 is 0. The van der Waals surface area contributed by atoms with Gasteiger partial charge in [-0.1, -0.05) is 0 Å². The molecule has 0 aliphatic rings. The van der Waals surface area contributed by atoms with E-state index in [0.29, 0.717) is 0 Å². The van der Waals surface area contributed by atoms with E-state index in [2.05, 4.69) is 0 Å². The van der Waals surface area contributed by atoms with Crippen LogP contribution >= 0.6 is 0 Å². The van der Waals surface area contributed by atoms with Gasteiger partial charge in [0.2, 0.25) is 0 Å². The van der Waals surface area contributed by atoms with E-state index in [-0.39, 0.29) is 11.3 Å². The number of aliphatic hydroxyl groups is 3. The third-order valence-electron chi connectivity index (χ3n) is 1.84. The Kier molecular flexibility index (Phi) is 3.40. The summed E-state index contributed by atoms with van der Waals surface area (Å²) in [5.74, 6) is -0.593. The number of aliphatic hydroxyl groups excluding tert-OH is 3. The predicted molar refractivity (Wildman–Crippen MR) is 48.9 cm³/mol. The molecular weight excluding hydrogens is 189 g/mol. The van der Waals surface area contributed by atoms with Gasteiger partial charge in [0.1, 0.15) is 18.0 Å². The summed E-state index contributed by atoms with van der Waals surface area (Å²) in [6.45, 7) is -0.600. The van der Waals surface area contributed by atoms with Crippen molar-refractivity contribution in [1.82, 2.24) is 0 Å². The van der Waals surface area contributed by atoms with Crippen LogP contribution in [0.3, 0.4) is 0 Å². The molecule has 0 radical (unpaired) electrons. The lowest BCUT2D eigenvalue weighted by Gasteiger charge is -2.16. The average molecular weight is 201 g/mol. The van der Waals surface area contributed by atoms with Crippen molar-refractivity contribution in [2.75, 3.05) is 12.3 Å². The summed E-state index contributed by atoms with van der Waals surface area (Å²) in [5, 5.41) is 27.1. The monoisotopic (exact) mass is 201 g/mol. The fourth-order valence-corrected chi connectivity index (χ4v) is 1.13. The number of halogens is 1. The highest BCUT2D eigenvalue weighted by atomic mass is 19.1. The van der Waals surface area contributed by atoms with Crippen LogP contribution in [-0.4, -0.2) is 28.0 Å². The first-order chi connectivity index (χ1) is 6.54. The lowest BCUT2D eigenvalue weighted by Crippen LogP contribution is -2.22. The second-order valence-corrected chi connectivity index (χ2v) is 3.01. The molecule has 1 aromatic carbocycles. The van der Waals surface area contributed by atoms with Crippen LogP contribution in [0.1, 0.15) is 11.7 Å². The average Bonchev–Trinajstić information content (AvgIpc) is 2.14. The minimum atomic E-state index is -1.34. The van der Waals surface area contributed by atoms with E-state index in [1.807, 2.05) is 0 Å². The van der Waals surface area contributed by atoms with Gasteiger partial charge in [0.15, 0.2) is 0 Å². The zero-order chi connectivity index (χ0) is 10.7. The number of anilines is 1. The molecule has 0 fully saturated rings. The maximum absolute atomic E-state index is 12.8. The van der Waals surface area contributed by atoms with E-state index in [0.717, 1.165) is 12.1 Å². The largest absolute Gasteiger partial charge is 0.399 e. The van der Waals surface area contributed by atoms with Gasteiger partial charge >= 0.3 is 0 Å². The lowest BCUT2D eigenvalue weighted by molar-refractivity contribution is -0.0153. The number of hydrogen-bond acceptors (Lipinski definition) is 4. The van der Waals surface area contributed by atoms with Crippen LogP contribution in [0.15, 0.2) is 18.2 Å². The quantitative estimate of drug-likeness (QED) is 0.510. The van der Waals surface area contributed by atoms with Gasteiger partial charge in [-0.3, -0.25) is 0 Å². The van der Waals surface area contributed by atoms with E-state index in [9.17, 15) is 9.50 Å². The summed E-state index contributed by atoms with van der Waals surface area (Å²) in [6, 6.07) is 3.49. The zero-order valence-electron chi connectivity index (χ0n) is 7.39. The smallest absolute Gasteiger partial charge is 0.125 e. The van der Waals surface area contributed by atoms with Crippen molar-refractivity contribution in [1.29, 1.82) is 0 Å². The summed E-state index contributed by atoms with van der Waals surface area (Å²) in [7, 11) is 0. The molecule has 2 atom stereocenters. The van der Waals surface area contributed by atoms with Gasteiger partial charge in [-0.25, -0.2) is 4.39 Å². The fourth-order valence-electron chi connectivity index (χ4n) is 1.13. The van der Waals surface area contributed by atoms with Crippen molar-refractivity contribution in [3.63, 3.8) is 0 Å². The maximum Gasteiger partial charge on any atom is 0.125 e. The molecule has 0 amide bonds. The normalized spacial score (nSPS) is 15.1. The highest BCUT2D eigenvalue weighted by Crippen LogP contribution is 2.20. The van der Waals surface area contributed by atoms with Crippen LogP contribution in [0.4, 0.5) is 10.1 Å². The van der Waals surface area contributed by atoms with Crippen molar-refractivity contribution in [2.24, 2.45) is 0 Å². The zero-order valence-corrected chi connectivity index (χ0v) is 7.39. The second kappa shape index (κ2) is 4.36. The third-order valence-corrected chi connectivity index (χ3v) is 1.84.